The zero-order chi connectivity index (χ0) is 15.4. The molecule has 0 aliphatic carbocycles. The van der Waals surface area contributed by atoms with Gasteiger partial charge in [-0.15, -0.1) is 0 Å². The summed E-state index contributed by atoms with van der Waals surface area (Å²) in [4.78, 5) is 16.5. The first-order valence-corrected chi connectivity index (χ1v) is 7.06. The number of hydrogen-bond donors (Lipinski definition) is 1. The molecule has 0 radical (unpaired) electrons. The van der Waals surface area contributed by atoms with Crippen molar-refractivity contribution in [1.82, 2.24) is 4.90 Å². The summed E-state index contributed by atoms with van der Waals surface area (Å²) in [6.07, 6.45) is 2.94. The van der Waals surface area contributed by atoms with E-state index in [0.29, 0.717) is 24.4 Å². The van der Waals surface area contributed by atoms with Gasteiger partial charge in [0.1, 0.15) is 0 Å². The number of ether oxygens (including phenoxy) is 1. The molecule has 2 N–H and O–H groups in total. The molecule has 0 atom stereocenters. The standard InChI is InChI=1S/C16H23N3O2/c1-18(2)15-5-4-13(17)10-14(15)16(20)19-8-6-12(7-9-19)11-21-3/h4-6,10H,7-9,11,17H2,1-3H3. The first-order chi connectivity index (χ1) is 10.0. The lowest BCUT2D eigenvalue weighted by Gasteiger charge is -2.28. The lowest BCUT2D eigenvalue weighted by Crippen LogP contribution is -2.36. The zero-order valence-electron chi connectivity index (χ0n) is 12.9. The van der Waals surface area contributed by atoms with Gasteiger partial charge < -0.3 is 20.3 Å². The van der Waals surface area contributed by atoms with Crippen LogP contribution in [0.3, 0.4) is 0 Å². The van der Waals surface area contributed by atoms with Crippen LogP contribution >= 0.6 is 0 Å². The number of hydrogen-bond acceptors (Lipinski definition) is 4. The van der Waals surface area contributed by atoms with Crippen LogP contribution < -0.4 is 10.6 Å². The van der Waals surface area contributed by atoms with Crippen LogP contribution in [0.2, 0.25) is 0 Å². The molecule has 0 saturated carbocycles. The molecule has 1 aliphatic rings. The van der Waals surface area contributed by atoms with E-state index in [1.807, 2.05) is 36.0 Å². The highest BCUT2D eigenvalue weighted by Crippen LogP contribution is 2.24. The molecular formula is C16H23N3O2. The highest BCUT2D eigenvalue weighted by Gasteiger charge is 2.22. The molecule has 1 heterocycles. The van der Waals surface area contributed by atoms with E-state index in [0.717, 1.165) is 18.7 Å². The normalized spacial score (nSPS) is 14.8. The maximum atomic E-state index is 12.7. The van der Waals surface area contributed by atoms with Gasteiger partial charge in [0.2, 0.25) is 0 Å². The summed E-state index contributed by atoms with van der Waals surface area (Å²) < 4.78 is 5.13. The van der Waals surface area contributed by atoms with E-state index in [2.05, 4.69) is 6.08 Å². The predicted molar refractivity (Wildman–Crippen MR) is 85.7 cm³/mol. The fourth-order valence-electron chi connectivity index (χ4n) is 2.50. The molecule has 1 amide bonds. The quantitative estimate of drug-likeness (QED) is 0.678. The summed E-state index contributed by atoms with van der Waals surface area (Å²) in [6.45, 7) is 1.98. The maximum absolute atomic E-state index is 12.7. The minimum absolute atomic E-state index is 0.0266. The number of nitrogens with zero attached hydrogens (tertiary/aromatic N) is 2. The number of amides is 1. The highest BCUT2D eigenvalue weighted by atomic mass is 16.5. The third-order valence-corrected chi connectivity index (χ3v) is 3.65. The van der Waals surface area contributed by atoms with Gasteiger partial charge in [0, 0.05) is 45.7 Å². The number of methoxy groups -OCH3 is 1. The molecule has 0 aromatic heterocycles. The van der Waals surface area contributed by atoms with Crippen molar-refractivity contribution < 1.29 is 9.53 Å². The van der Waals surface area contributed by atoms with Gasteiger partial charge >= 0.3 is 0 Å². The molecule has 0 fully saturated rings. The van der Waals surface area contributed by atoms with Gasteiger partial charge in [0.15, 0.2) is 0 Å². The number of carbonyl (C=O) groups is 1. The molecule has 0 spiro atoms. The largest absolute Gasteiger partial charge is 0.399 e. The molecule has 0 saturated heterocycles. The Morgan fingerprint density at radius 1 is 1.43 bits per heavy atom. The van der Waals surface area contributed by atoms with Gasteiger partial charge in [-0.25, -0.2) is 0 Å². The van der Waals surface area contributed by atoms with Crippen molar-refractivity contribution in [3.05, 3.63) is 35.4 Å². The van der Waals surface area contributed by atoms with Crippen molar-refractivity contribution in [3.8, 4) is 0 Å². The fraction of sp³-hybridized carbons (Fsp3) is 0.438. The van der Waals surface area contributed by atoms with Crippen LogP contribution in [0, 0.1) is 0 Å². The van der Waals surface area contributed by atoms with Crippen LogP contribution in [0.25, 0.3) is 0 Å². The average molecular weight is 289 g/mol. The van der Waals surface area contributed by atoms with Gasteiger partial charge in [0.05, 0.1) is 12.2 Å². The number of rotatable bonds is 4. The summed E-state index contributed by atoms with van der Waals surface area (Å²) >= 11 is 0. The number of anilines is 2. The number of carbonyl (C=O) groups excluding carboxylic acids is 1. The molecule has 0 bridgehead atoms. The minimum Gasteiger partial charge on any atom is -0.399 e. The van der Waals surface area contributed by atoms with Gasteiger partial charge in [-0.2, -0.15) is 0 Å². The first kappa shape index (κ1) is 15.4. The van der Waals surface area contributed by atoms with Gasteiger partial charge in [-0.1, -0.05) is 6.08 Å². The number of nitrogens with two attached hydrogens (primary N) is 1. The second-order valence-corrected chi connectivity index (χ2v) is 5.47. The Hall–Kier alpha value is -2.01. The van der Waals surface area contributed by atoms with Gasteiger partial charge in [0.25, 0.3) is 5.91 Å². The first-order valence-electron chi connectivity index (χ1n) is 7.06. The Balaban J connectivity index is 2.20. The van der Waals surface area contributed by atoms with E-state index in [-0.39, 0.29) is 5.91 Å². The molecule has 5 nitrogen and oxygen atoms in total. The molecule has 114 valence electrons. The van der Waals surface area contributed by atoms with Crippen molar-refractivity contribution in [2.45, 2.75) is 6.42 Å². The van der Waals surface area contributed by atoms with Crippen molar-refractivity contribution in [3.63, 3.8) is 0 Å². The summed E-state index contributed by atoms with van der Waals surface area (Å²) in [5.74, 6) is 0.0266. The maximum Gasteiger partial charge on any atom is 0.256 e. The van der Waals surface area contributed by atoms with Crippen LogP contribution in [-0.4, -0.2) is 51.7 Å². The van der Waals surface area contributed by atoms with E-state index >= 15 is 0 Å². The molecule has 21 heavy (non-hydrogen) atoms. The SMILES string of the molecule is COCC1=CCN(C(=O)c2cc(N)ccc2N(C)C)CC1. The summed E-state index contributed by atoms with van der Waals surface area (Å²) in [7, 11) is 5.54. The van der Waals surface area contributed by atoms with E-state index in [1.165, 1.54) is 5.57 Å². The van der Waals surface area contributed by atoms with Crippen molar-refractivity contribution in [1.29, 1.82) is 0 Å². The Kier molecular flexibility index (Phi) is 4.85. The molecular weight excluding hydrogens is 266 g/mol. The second kappa shape index (κ2) is 6.63. The van der Waals surface area contributed by atoms with Crippen LogP contribution in [0.15, 0.2) is 29.8 Å². The van der Waals surface area contributed by atoms with Crippen LogP contribution in [0.4, 0.5) is 11.4 Å². The van der Waals surface area contributed by atoms with Crippen molar-refractivity contribution in [2.24, 2.45) is 0 Å². The van der Waals surface area contributed by atoms with Crippen molar-refractivity contribution >= 4 is 17.3 Å². The summed E-state index contributed by atoms with van der Waals surface area (Å²) in [6, 6.07) is 5.46. The third-order valence-electron chi connectivity index (χ3n) is 3.65. The predicted octanol–water partition coefficient (Wildman–Crippen LogP) is 1.75. The van der Waals surface area contributed by atoms with Gasteiger partial charge in [-0.05, 0) is 30.2 Å². The Labute approximate surface area is 126 Å². The summed E-state index contributed by atoms with van der Waals surface area (Å²) in [5.41, 5.74) is 9.24. The van der Waals surface area contributed by atoms with Crippen LogP contribution in [0.1, 0.15) is 16.8 Å². The molecule has 1 aliphatic heterocycles. The molecule has 2 rings (SSSR count). The molecule has 5 heteroatoms. The topological polar surface area (TPSA) is 58.8 Å². The third kappa shape index (κ3) is 3.55. The molecule has 1 aromatic rings. The average Bonchev–Trinajstić information content (AvgIpc) is 2.47. The highest BCUT2D eigenvalue weighted by molar-refractivity contribution is 6.00. The zero-order valence-corrected chi connectivity index (χ0v) is 12.9. The van der Waals surface area contributed by atoms with Gasteiger partial charge in [-0.3, -0.25) is 4.79 Å². The Bertz CT molecular complexity index is 552. The van der Waals surface area contributed by atoms with E-state index in [1.54, 1.807) is 13.2 Å². The fourth-order valence-corrected chi connectivity index (χ4v) is 2.50. The molecule has 0 unspecified atom stereocenters. The number of benzene rings is 1. The minimum atomic E-state index is 0.0266. The van der Waals surface area contributed by atoms with Crippen LogP contribution in [0.5, 0.6) is 0 Å². The molecule has 1 aromatic carbocycles. The Morgan fingerprint density at radius 3 is 2.76 bits per heavy atom. The monoisotopic (exact) mass is 289 g/mol. The second-order valence-electron chi connectivity index (χ2n) is 5.47. The van der Waals surface area contributed by atoms with Crippen LogP contribution in [-0.2, 0) is 4.74 Å². The summed E-state index contributed by atoms with van der Waals surface area (Å²) in [5, 5.41) is 0. The smallest absolute Gasteiger partial charge is 0.256 e. The van der Waals surface area contributed by atoms with E-state index < -0.39 is 0 Å². The van der Waals surface area contributed by atoms with E-state index in [9.17, 15) is 4.79 Å². The van der Waals surface area contributed by atoms with E-state index in [4.69, 9.17) is 10.5 Å². The number of nitrogen functional groups attached to an aromatic ring is 1. The lowest BCUT2D eigenvalue weighted by atomic mass is 10.1. The lowest BCUT2D eigenvalue weighted by molar-refractivity contribution is 0.0765. The van der Waals surface area contributed by atoms with Crippen molar-refractivity contribution in [2.75, 3.05) is 51.5 Å². The Morgan fingerprint density at radius 2 is 2.19 bits per heavy atom.